The summed E-state index contributed by atoms with van der Waals surface area (Å²) in [7, 11) is 3.38. The van der Waals surface area contributed by atoms with Crippen molar-refractivity contribution in [1.82, 2.24) is 4.98 Å². The van der Waals surface area contributed by atoms with E-state index < -0.39 is 0 Å². The number of nitrogens with one attached hydrogen (secondary N) is 1. The molecule has 4 rings (SSSR count). The van der Waals surface area contributed by atoms with Crippen molar-refractivity contribution in [2.24, 2.45) is 5.92 Å². The second-order valence-corrected chi connectivity index (χ2v) is 7.60. The molecule has 2 aliphatic carbocycles. The number of aromatic nitrogens is 1. The summed E-state index contributed by atoms with van der Waals surface area (Å²) in [6.07, 6.45) is 8.59. The van der Waals surface area contributed by atoms with Gasteiger partial charge in [0.15, 0.2) is 11.5 Å². The number of pyridine rings is 1. The molecule has 2 aliphatic rings. The lowest BCUT2D eigenvalue weighted by Crippen LogP contribution is -2.27. The fraction of sp³-hybridized carbons (Fsp3) is 0.571. The van der Waals surface area contributed by atoms with Crippen LogP contribution in [0.3, 0.4) is 0 Å². The molecule has 1 N–H and O–H groups in total. The van der Waals surface area contributed by atoms with Gasteiger partial charge >= 0.3 is 0 Å². The standard InChI is InChI=1S/C21H28N2O2/c1-13-6-4-7-14(10-13)22-21-15-8-5-9-17(15)23-18-12-20(25-3)19(24-2)11-16(18)21/h11-14H,4-10H2,1-3H3,(H,22,23)/t13-,14-/m0/s1. The van der Waals surface area contributed by atoms with E-state index in [9.17, 15) is 0 Å². The molecule has 1 saturated carbocycles. The number of nitrogens with zero attached hydrogens (tertiary/aromatic N) is 1. The summed E-state index contributed by atoms with van der Waals surface area (Å²) >= 11 is 0. The average Bonchev–Trinajstić information content (AvgIpc) is 3.08. The van der Waals surface area contributed by atoms with Crippen LogP contribution >= 0.6 is 0 Å². The highest BCUT2D eigenvalue weighted by Gasteiger charge is 2.25. The Morgan fingerprint density at radius 1 is 1.04 bits per heavy atom. The van der Waals surface area contributed by atoms with Gasteiger partial charge < -0.3 is 14.8 Å². The van der Waals surface area contributed by atoms with E-state index in [0.717, 1.165) is 41.2 Å². The van der Waals surface area contributed by atoms with Crippen LogP contribution in [0, 0.1) is 5.92 Å². The molecule has 1 fully saturated rings. The first kappa shape index (κ1) is 16.5. The molecule has 4 heteroatoms. The van der Waals surface area contributed by atoms with Gasteiger partial charge in [0.25, 0.3) is 0 Å². The maximum atomic E-state index is 5.55. The van der Waals surface area contributed by atoms with Crippen LogP contribution in [0.4, 0.5) is 5.69 Å². The SMILES string of the molecule is COc1cc2nc3c(c(N[C@H]4CCC[C@H](C)C4)c2cc1OC)CCC3. The quantitative estimate of drug-likeness (QED) is 0.874. The van der Waals surface area contributed by atoms with Crippen LogP contribution < -0.4 is 14.8 Å². The third-order valence-electron chi connectivity index (χ3n) is 5.80. The first-order valence-electron chi connectivity index (χ1n) is 9.53. The number of benzene rings is 1. The highest BCUT2D eigenvalue weighted by Crippen LogP contribution is 2.40. The van der Waals surface area contributed by atoms with Gasteiger partial charge in [-0.05, 0) is 49.7 Å². The molecular weight excluding hydrogens is 312 g/mol. The lowest BCUT2D eigenvalue weighted by atomic mass is 9.86. The Kier molecular flexibility index (Phi) is 4.45. The second kappa shape index (κ2) is 6.74. The minimum atomic E-state index is 0.562. The molecule has 25 heavy (non-hydrogen) atoms. The monoisotopic (exact) mass is 340 g/mol. The Balaban J connectivity index is 1.82. The van der Waals surface area contributed by atoms with Gasteiger partial charge in [-0.25, -0.2) is 0 Å². The smallest absolute Gasteiger partial charge is 0.162 e. The van der Waals surface area contributed by atoms with Crippen molar-refractivity contribution in [3.8, 4) is 11.5 Å². The van der Waals surface area contributed by atoms with E-state index in [0.29, 0.717) is 6.04 Å². The molecule has 0 aliphatic heterocycles. The summed E-state index contributed by atoms with van der Waals surface area (Å²) in [4.78, 5) is 4.93. The number of ether oxygens (including phenoxy) is 2. The van der Waals surface area contributed by atoms with Crippen molar-refractivity contribution in [2.75, 3.05) is 19.5 Å². The molecule has 0 saturated heterocycles. The van der Waals surface area contributed by atoms with Crippen molar-refractivity contribution in [2.45, 2.75) is 57.9 Å². The zero-order valence-electron chi connectivity index (χ0n) is 15.5. The molecule has 2 atom stereocenters. The van der Waals surface area contributed by atoms with Crippen molar-refractivity contribution >= 4 is 16.6 Å². The number of rotatable bonds is 4. The van der Waals surface area contributed by atoms with Crippen LogP contribution in [-0.2, 0) is 12.8 Å². The molecular formula is C21H28N2O2. The highest BCUT2D eigenvalue weighted by molar-refractivity contribution is 5.96. The molecule has 0 spiro atoms. The molecule has 1 heterocycles. The van der Waals surface area contributed by atoms with E-state index >= 15 is 0 Å². The minimum Gasteiger partial charge on any atom is -0.493 e. The predicted molar refractivity (Wildman–Crippen MR) is 102 cm³/mol. The van der Waals surface area contributed by atoms with Gasteiger partial charge in [-0.15, -0.1) is 0 Å². The van der Waals surface area contributed by atoms with Gasteiger partial charge in [0.05, 0.1) is 19.7 Å². The Hall–Kier alpha value is -1.97. The molecule has 1 aromatic heterocycles. The number of aryl methyl sites for hydroxylation is 1. The van der Waals surface area contributed by atoms with Crippen LogP contribution in [0.1, 0.15) is 50.3 Å². The Morgan fingerprint density at radius 3 is 2.60 bits per heavy atom. The van der Waals surface area contributed by atoms with Crippen LogP contribution in [0.15, 0.2) is 12.1 Å². The number of methoxy groups -OCH3 is 2. The topological polar surface area (TPSA) is 43.4 Å². The summed E-state index contributed by atoms with van der Waals surface area (Å²) in [5, 5.41) is 5.07. The Bertz CT molecular complexity index is 787. The summed E-state index contributed by atoms with van der Waals surface area (Å²) in [5.74, 6) is 2.33. The molecule has 4 nitrogen and oxygen atoms in total. The first-order chi connectivity index (χ1) is 12.2. The largest absolute Gasteiger partial charge is 0.493 e. The fourth-order valence-electron chi connectivity index (χ4n) is 4.52. The number of hydrogen-bond donors (Lipinski definition) is 1. The number of anilines is 1. The molecule has 1 aromatic carbocycles. The Morgan fingerprint density at radius 2 is 1.84 bits per heavy atom. The number of hydrogen-bond acceptors (Lipinski definition) is 4. The molecule has 0 radical (unpaired) electrons. The van der Waals surface area contributed by atoms with Crippen molar-refractivity contribution < 1.29 is 9.47 Å². The minimum absolute atomic E-state index is 0.562. The molecule has 2 aromatic rings. The number of fused-ring (bicyclic) bond motifs is 2. The molecule has 134 valence electrons. The first-order valence-corrected chi connectivity index (χ1v) is 9.53. The fourth-order valence-corrected chi connectivity index (χ4v) is 4.52. The lowest BCUT2D eigenvalue weighted by molar-refractivity contribution is 0.355. The molecule has 0 bridgehead atoms. The van der Waals surface area contributed by atoms with E-state index in [1.165, 1.54) is 49.0 Å². The van der Waals surface area contributed by atoms with Gasteiger partial charge in [-0.1, -0.05) is 19.8 Å². The van der Waals surface area contributed by atoms with Crippen molar-refractivity contribution in [1.29, 1.82) is 0 Å². The second-order valence-electron chi connectivity index (χ2n) is 7.60. The third kappa shape index (κ3) is 3.03. The van der Waals surface area contributed by atoms with Crippen molar-refractivity contribution in [3.05, 3.63) is 23.4 Å². The van der Waals surface area contributed by atoms with Gasteiger partial charge in [0.2, 0.25) is 0 Å². The van der Waals surface area contributed by atoms with Gasteiger partial charge in [-0.3, -0.25) is 4.98 Å². The zero-order valence-corrected chi connectivity index (χ0v) is 15.5. The maximum Gasteiger partial charge on any atom is 0.162 e. The van der Waals surface area contributed by atoms with E-state index in [1.54, 1.807) is 14.2 Å². The Labute approximate surface area is 149 Å². The predicted octanol–water partition coefficient (Wildman–Crippen LogP) is 4.73. The van der Waals surface area contributed by atoms with E-state index in [1.807, 2.05) is 6.07 Å². The van der Waals surface area contributed by atoms with Gasteiger partial charge in [0.1, 0.15) is 0 Å². The van der Waals surface area contributed by atoms with E-state index in [2.05, 4.69) is 18.3 Å². The van der Waals surface area contributed by atoms with Crippen LogP contribution in [-0.4, -0.2) is 25.2 Å². The average molecular weight is 340 g/mol. The summed E-state index contributed by atoms with van der Waals surface area (Å²) in [6, 6.07) is 4.67. The molecule has 0 unspecified atom stereocenters. The highest BCUT2D eigenvalue weighted by atomic mass is 16.5. The lowest BCUT2D eigenvalue weighted by Gasteiger charge is -2.29. The van der Waals surface area contributed by atoms with Crippen molar-refractivity contribution in [3.63, 3.8) is 0 Å². The van der Waals surface area contributed by atoms with E-state index in [-0.39, 0.29) is 0 Å². The van der Waals surface area contributed by atoms with Crippen LogP contribution in [0.25, 0.3) is 10.9 Å². The van der Waals surface area contributed by atoms with E-state index in [4.69, 9.17) is 14.5 Å². The normalized spacial score (nSPS) is 22.7. The summed E-state index contributed by atoms with van der Waals surface area (Å²) in [6.45, 7) is 2.37. The third-order valence-corrected chi connectivity index (χ3v) is 5.80. The van der Waals surface area contributed by atoms with Gasteiger partial charge in [0, 0.05) is 28.9 Å². The van der Waals surface area contributed by atoms with Gasteiger partial charge in [-0.2, -0.15) is 0 Å². The van der Waals surface area contributed by atoms with Crippen LogP contribution in [0.2, 0.25) is 0 Å². The maximum absolute atomic E-state index is 5.55. The molecule has 0 amide bonds. The summed E-state index contributed by atoms with van der Waals surface area (Å²) < 4.78 is 11.0. The zero-order chi connectivity index (χ0) is 17.4. The summed E-state index contributed by atoms with van der Waals surface area (Å²) in [5.41, 5.74) is 4.96. The van der Waals surface area contributed by atoms with Crippen LogP contribution in [0.5, 0.6) is 11.5 Å².